The first-order valence-electron chi connectivity index (χ1n) is 16.6. The highest BCUT2D eigenvalue weighted by atomic mass is 19.4. The molecule has 50 heavy (non-hydrogen) atoms. The van der Waals surface area contributed by atoms with Gasteiger partial charge in [0, 0.05) is 24.5 Å². The first-order valence-corrected chi connectivity index (χ1v) is 16.6. The van der Waals surface area contributed by atoms with Crippen LogP contribution in [0.1, 0.15) is 65.5 Å². The van der Waals surface area contributed by atoms with E-state index in [0.717, 1.165) is 51.2 Å². The van der Waals surface area contributed by atoms with E-state index in [1.807, 2.05) is 13.8 Å². The Bertz CT molecular complexity index is 1320. The molecule has 2 amide bonds. The van der Waals surface area contributed by atoms with Crippen molar-refractivity contribution in [1.29, 1.82) is 0 Å². The van der Waals surface area contributed by atoms with Gasteiger partial charge in [-0.05, 0) is 103 Å². The summed E-state index contributed by atoms with van der Waals surface area (Å²) in [6.45, 7) is 13.6. The summed E-state index contributed by atoms with van der Waals surface area (Å²) < 4.78 is 88.4. The first-order chi connectivity index (χ1) is 23.2. The lowest BCUT2D eigenvalue weighted by Gasteiger charge is -2.33. The van der Waals surface area contributed by atoms with Crippen molar-refractivity contribution in [2.75, 3.05) is 39.4 Å². The van der Waals surface area contributed by atoms with Crippen molar-refractivity contribution in [1.82, 2.24) is 31.2 Å². The zero-order valence-electron chi connectivity index (χ0n) is 29.2. The van der Waals surface area contributed by atoms with Gasteiger partial charge in [0.25, 0.3) is 0 Å². The number of carbonyl (C=O) groups excluding carboxylic acids is 2. The Hall–Kier alpha value is -3.66. The molecule has 0 radical (unpaired) electrons. The van der Waals surface area contributed by atoms with Gasteiger partial charge in [-0.15, -0.1) is 0 Å². The quantitative estimate of drug-likeness (QED) is 0.246. The Morgan fingerprint density at radius 3 is 1.40 bits per heavy atom. The number of nitrogens with one attached hydrogen (secondary N) is 4. The fraction of sp³-hybridized carbons (Fsp3) is 0.647. The highest BCUT2D eigenvalue weighted by molar-refractivity contribution is 5.82. The van der Waals surface area contributed by atoms with Gasteiger partial charge in [-0.25, -0.2) is 9.97 Å². The average Bonchev–Trinajstić information content (AvgIpc) is 3.04. The van der Waals surface area contributed by atoms with E-state index in [2.05, 4.69) is 31.2 Å². The largest absolute Gasteiger partial charge is 0.476 e. The molecule has 0 unspecified atom stereocenters. The summed E-state index contributed by atoms with van der Waals surface area (Å²) in [5.41, 5.74) is -3.85. The van der Waals surface area contributed by atoms with Crippen LogP contribution in [-0.2, 0) is 21.9 Å². The topological polar surface area (TPSA) is 126 Å². The van der Waals surface area contributed by atoms with Crippen LogP contribution in [-0.4, -0.2) is 73.3 Å². The molecule has 2 aliphatic heterocycles. The second-order valence-corrected chi connectivity index (χ2v) is 14.2. The normalized spacial score (nSPS) is 21.7. The molecular weight excluding hydrogens is 670 g/mol. The molecule has 0 aromatic carbocycles. The van der Waals surface area contributed by atoms with E-state index in [0.29, 0.717) is 11.8 Å². The molecule has 4 heterocycles. The molecule has 2 saturated heterocycles. The summed E-state index contributed by atoms with van der Waals surface area (Å²) in [7, 11) is 0. The number of hydrogen-bond donors (Lipinski definition) is 4. The third-order valence-electron chi connectivity index (χ3n) is 8.73. The lowest BCUT2D eigenvalue weighted by atomic mass is 9.90. The zero-order valence-corrected chi connectivity index (χ0v) is 29.2. The van der Waals surface area contributed by atoms with Crippen molar-refractivity contribution in [3.8, 4) is 11.8 Å². The summed E-state index contributed by atoms with van der Waals surface area (Å²) >= 11 is 0. The van der Waals surface area contributed by atoms with Gasteiger partial charge in [0.15, 0.2) is 0 Å². The molecule has 2 aromatic heterocycles. The molecule has 280 valence electrons. The van der Waals surface area contributed by atoms with Crippen molar-refractivity contribution < 1.29 is 45.4 Å². The second-order valence-electron chi connectivity index (χ2n) is 14.2. The van der Waals surface area contributed by atoms with Gasteiger partial charge in [0.05, 0.1) is 10.8 Å². The summed E-state index contributed by atoms with van der Waals surface area (Å²) in [5.74, 6) is -0.909. The van der Waals surface area contributed by atoms with Gasteiger partial charge in [0.2, 0.25) is 23.6 Å². The minimum absolute atomic E-state index is 0.0496. The number of carbonyl (C=O) groups is 2. The van der Waals surface area contributed by atoms with E-state index in [1.165, 1.54) is 24.5 Å². The number of nitrogens with zero attached hydrogens (tertiary/aromatic N) is 2. The monoisotopic (exact) mass is 718 g/mol. The third-order valence-corrected chi connectivity index (χ3v) is 8.73. The maximum absolute atomic E-state index is 13.0. The van der Waals surface area contributed by atoms with Crippen LogP contribution in [0, 0.1) is 22.7 Å². The van der Waals surface area contributed by atoms with E-state index in [1.54, 1.807) is 27.7 Å². The number of halogens is 6. The zero-order chi connectivity index (χ0) is 37.3. The lowest BCUT2D eigenvalue weighted by Crippen LogP contribution is -2.52. The van der Waals surface area contributed by atoms with Crippen molar-refractivity contribution >= 4 is 11.8 Å². The molecule has 10 nitrogen and oxygen atoms in total. The summed E-state index contributed by atoms with van der Waals surface area (Å²) in [6, 6.07) is 4.32. The van der Waals surface area contributed by atoms with Crippen LogP contribution in [0.5, 0.6) is 11.8 Å². The van der Waals surface area contributed by atoms with Crippen molar-refractivity contribution in [2.24, 2.45) is 22.7 Å². The third kappa shape index (κ3) is 11.7. The summed E-state index contributed by atoms with van der Waals surface area (Å²) in [5, 5.41) is 12.5. The minimum atomic E-state index is -4.56. The van der Waals surface area contributed by atoms with Gasteiger partial charge in [0.1, 0.15) is 24.3 Å². The smallest absolute Gasteiger partial charge is 0.421 e. The molecule has 0 saturated carbocycles. The highest BCUT2D eigenvalue weighted by Gasteiger charge is 2.39. The maximum Gasteiger partial charge on any atom is 0.421 e. The van der Waals surface area contributed by atoms with Crippen molar-refractivity contribution in [3.63, 3.8) is 0 Å². The van der Waals surface area contributed by atoms with Crippen LogP contribution in [0.4, 0.5) is 26.3 Å². The van der Waals surface area contributed by atoms with Crippen LogP contribution in [0.2, 0.25) is 0 Å². The van der Waals surface area contributed by atoms with E-state index in [9.17, 15) is 35.9 Å². The second kappa shape index (κ2) is 17.0. The summed E-state index contributed by atoms with van der Waals surface area (Å²) in [4.78, 5) is 32.4. The number of hydrogen-bond acceptors (Lipinski definition) is 8. The van der Waals surface area contributed by atoms with Crippen molar-refractivity contribution in [3.05, 3.63) is 47.8 Å². The molecule has 0 bridgehead atoms. The lowest BCUT2D eigenvalue weighted by molar-refractivity contribution is -0.141. The SMILES string of the molecule is C[C@@H]1CNCC[C@H]1NC(=O)C(C)(C)COc1ncccc1C(F)(F)F.C[C@H]1CNCC[C@@H]1NC(=O)C(C)(C)COc1ncccc1C(F)(F)F. The molecule has 4 rings (SSSR count). The number of amides is 2. The van der Waals surface area contributed by atoms with Gasteiger partial charge >= 0.3 is 12.4 Å². The fourth-order valence-electron chi connectivity index (χ4n) is 5.26. The first kappa shape index (κ1) is 40.8. The predicted octanol–water partition coefficient (Wildman–Crippen LogP) is 5.24. The van der Waals surface area contributed by atoms with E-state index < -0.39 is 46.1 Å². The summed E-state index contributed by atoms with van der Waals surface area (Å²) in [6.07, 6.45) is -5.01. The van der Waals surface area contributed by atoms with Gasteiger partial charge < -0.3 is 30.7 Å². The van der Waals surface area contributed by atoms with Crippen LogP contribution in [0.3, 0.4) is 0 Å². The van der Waals surface area contributed by atoms with Gasteiger partial charge in [-0.1, -0.05) is 13.8 Å². The van der Waals surface area contributed by atoms with E-state index >= 15 is 0 Å². The number of ether oxygens (including phenoxy) is 2. The Morgan fingerprint density at radius 1 is 0.720 bits per heavy atom. The van der Waals surface area contributed by atoms with E-state index in [4.69, 9.17) is 9.47 Å². The van der Waals surface area contributed by atoms with Gasteiger partial charge in [-0.3, -0.25) is 9.59 Å². The average molecular weight is 719 g/mol. The van der Waals surface area contributed by atoms with Crippen LogP contribution in [0.15, 0.2) is 36.7 Å². The standard InChI is InChI=1S/2C17H24F3N3O2/c2*1-11-9-21-8-6-13(11)23-15(24)16(2,3)10-25-14-12(17(18,19)20)5-4-7-22-14/h2*4-5,7,11,13,21H,6,8-10H2,1-3H3,(H,23,24)/t2*11-,13-/m10/s1. The Balaban J connectivity index is 0.000000270. The molecule has 16 heteroatoms. The maximum atomic E-state index is 13.0. The Kier molecular flexibility index (Phi) is 13.9. The Morgan fingerprint density at radius 2 is 1.08 bits per heavy atom. The Labute approximate surface area is 288 Å². The molecule has 2 aliphatic rings. The molecule has 0 spiro atoms. The highest BCUT2D eigenvalue weighted by Crippen LogP contribution is 2.36. The minimum Gasteiger partial charge on any atom is -0.476 e. The van der Waals surface area contributed by atoms with Crippen molar-refractivity contribution in [2.45, 2.75) is 78.8 Å². The molecule has 4 N–H and O–H groups in total. The number of pyridine rings is 2. The van der Waals surface area contributed by atoms with Crippen LogP contribution < -0.4 is 30.7 Å². The molecule has 2 aromatic rings. The molecule has 4 atom stereocenters. The van der Waals surface area contributed by atoms with Crippen LogP contribution in [0.25, 0.3) is 0 Å². The van der Waals surface area contributed by atoms with Crippen LogP contribution >= 0.6 is 0 Å². The number of aromatic nitrogens is 2. The number of rotatable bonds is 10. The number of alkyl halides is 6. The fourth-order valence-corrected chi connectivity index (χ4v) is 5.26. The van der Waals surface area contributed by atoms with E-state index in [-0.39, 0.29) is 37.1 Å². The predicted molar refractivity (Wildman–Crippen MR) is 174 cm³/mol. The number of piperidine rings is 2. The van der Waals surface area contributed by atoms with Gasteiger partial charge in [-0.2, -0.15) is 26.3 Å². The molecule has 0 aliphatic carbocycles. The molecular formula is C34H48F6N6O4. The molecule has 2 fully saturated rings.